The van der Waals surface area contributed by atoms with Gasteiger partial charge in [-0.15, -0.1) is 11.3 Å². The van der Waals surface area contributed by atoms with E-state index in [4.69, 9.17) is 9.47 Å². The predicted octanol–water partition coefficient (Wildman–Crippen LogP) is 3.57. The van der Waals surface area contributed by atoms with Gasteiger partial charge in [-0.2, -0.15) is 0 Å². The number of benzene rings is 1. The van der Waals surface area contributed by atoms with E-state index in [0.717, 1.165) is 58.8 Å². The van der Waals surface area contributed by atoms with E-state index < -0.39 is 0 Å². The van der Waals surface area contributed by atoms with Gasteiger partial charge in [-0.3, -0.25) is 4.79 Å². The van der Waals surface area contributed by atoms with Crippen LogP contribution in [0.4, 0.5) is 5.82 Å². The van der Waals surface area contributed by atoms with Crippen molar-refractivity contribution in [1.29, 1.82) is 0 Å². The normalized spacial score (nSPS) is 16.0. The van der Waals surface area contributed by atoms with Gasteiger partial charge in [-0.25, -0.2) is 9.97 Å². The molecule has 1 aliphatic heterocycles. The molecular formula is C22H26N4O3S. The Morgan fingerprint density at radius 1 is 1.30 bits per heavy atom. The number of carbonyl (C=O) groups excluding carboxylic acids is 1. The summed E-state index contributed by atoms with van der Waals surface area (Å²) in [5.74, 6) is 1.52. The average molecular weight is 427 g/mol. The van der Waals surface area contributed by atoms with Crippen LogP contribution in [0, 0.1) is 6.92 Å². The Morgan fingerprint density at radius 2 is 2.13 bits per heavy atom. The van der Waals surface area contributed by atoms with Gasteiger partial charge < -0.3 is 20.1 Å². The number of nitrogens with zero attached hydrogens (tertiary/aromatic N) is 2. The van der Waals surface area contributed by atoms with E-state index in [9.17, 15) is 4.79 Å². The van der Waals surface area contributed by atoms with Gasteiger partial charge in [0.25, 0.3) is 5.91 Å². The van der Waals surface area contributed by atoms with Crippen molar-refractivity contribution in [3.05, 3.63) is 46.6 Å². The summed E-state index contributed by atoms with van der Waals surface area (Å²) in [7, 11) is 1.65. The molecule has 1 atom stereocenters. The molecule has 2 aromatic heterocycles. The molecule has 0 saturated carbocycles. The van der Waals surface area contributed by atoms with Gasteiger partial charge >= 0.3 is 0 Å². The number of aryl methyl sites for hydroxylation is 1. The molecule has 1 amide bonds. The Labute approximate surface area is 179 Å². The summed E-state index contributed by atoms with van der Waals surface area (Å²) in [5.41, 5.74) is 2.06. The van der Waals surface area contributed by atoms with Crippen LogP contribution in [0.2, 0.25) is 0 Å². The lowest BCUT2D eigenvalue weighted by Gasteiger charge is -2.12. The summed E-state index contributed by atoms with van der Waals surface area (Å²) in [6.45, 7) is 4.06. The molecule has 1 unspecified atom stereocenters. The number of amides is 1. The molecule has 3 aromatic rings. The molecule has 7 nitrogen and oxygen atoms in total. The van der Waals surface area contributed by atoms with Crippen LogP contribution in [-0.4, -0.2) is 48.8 Å². The summed E-state index contributed by atoms with van der Waals surface area (Å²) in [6, 6.07) is 7.88. The molecule has 30 heavy (non-hydrogen) atoms. The molecule has 0 aliphatic carbocycles. The maximum absolute atomic E-state index is 12.8. The second kappa shape index (κ2) is 9.40. The fourth-order valence-corrected chi connectivity index (χ4v) is 4.70. The van der Waals surface area contributed by atoms with Crippen molar-refractivity contribution in [3.8, 4) is 5.75 Å². The minimum atomic E-state index is -0.0749. The first-order valence-electron chi connectivity index (χ1n) is 10.2. The lowest BCUT2D eigenvalue weighted by atomic mass is 10.1. The summed E-state index contributed by atoms with van der Waals surface area (Å²) in [4.78, 5) is 23.1. The van der Waals surface area contributed by atoms with Gasteiger partial charge in [0.15, 0.2) is 0 Å². The minimum absolute atomic E-state index is 0.0749. The number of methoxy groups -OCH3 is 1. The zero-order chi connectivity index (χ0) is 20.9. The molecule has 0 spiro atoms. The molecule has 1 aromatic carbocycles. The molecule has 1 saturated heterocycles. The summed E-state index contributed by atoms with van der Waals surface area (Å²) < 4.78 is 10.9. The maximum atomic E-state index is 12.8. The Hall–Kier alpha value is -2.71. The second-order valence-electron chi connectivity index (χ2n) is 7.33. The SMILES string of the molecule is COc1ccc(CCNC(=O)c2sc3ncnc(NCC4CCCO4)c3c2C)cc1. The van der Waals surface area contributed by atoms with E-state index in [2.05, 4.69) is 20.6 Å². The number of nitrogens with one attached hydrogen (secondary N) is 2. The first-order chi connectivity index (χ1) is 14.7. The zero-order valence-corrected chi connectivity index (χ0v) is 18.1. The van der Waals surface area contributed by atoms with Crippen LogP contribution in [0.1, 0.15) is 33.6 Å². The van der Waals surface area contributed by atoms with Crippen LogP contribution in [0.25, 0.3) is 10.2 Å². The van der Waals surface area contributed by atoms with E-state index >= 15 is 0 Å². The van der Waals surface area contributed by atoms with Crippen molar-refractivity contribution in [2.75, 3.05) is 32.1 Å². The lowest BCUT2D eigenvalue weighted by Crippen LogP contribution is -2.25. The average Bonchev–Trinajstić information content (AvgIpc) is 3.41. The highest BCUT2D eigenvalue weighted by atomic mass is 32.1. The van der Waals surface area contributed by atoms with Crippen LogP contribution in [0.3, 0.4) is 0 Å². The zero-order valence-electron chi connectivity index (χ0n) is 17.2. The van der Waals surface area contributed by atoms with E-state index in [1.54, 1.807) is 13.4 Å². The third-order valence-corrected chi connectivity index (χ3v) is 6.51. The highest BCUT2D eigenvalue weighted by Gasteiger charge is 2.20. The van der Waals surface area contributed by atoms with Gasteiger partial charge in [0.1, 0.15) is 22.7 Å². The number of aromatic nitrogens is 2. The summed E-state index contributed by atoms with van der Waals surface area (Å²) in [6.07, 6.45) is 4.68. The van der Waals surface area contributed by atoms with Crippen LogP contribution in [0.5, 0.6) is 5.75 Å². The van der Waals surface area contributed by atoms with E-state index in [-0.39, 0.29) is 12.0 Å². The number of carbonyl (C=O) groups is 1. The topological polar surface area (TPSA) is 85.4 Å². The molecular weight excluding hydrogens is 400 g/mol. The van der Waals surface area contributed by atoms with Crippen LogP contribution in [-0.2, 0) is 11.2 Å². The molecule has 3 heterocycles. The van der Waals surface area contributed by atoms with E-state index in [0.29, 0.717) is 18.0 Å². The predicted molar refractivity (Wildman–Crippen MR) is 119 cm³/mol. The van der Waals surface area contributed by atoms with Gasteiger partial charge in [-0.1, -0.05) is 12.1 Å². The molecule has 2 N–H and O–H groups in total. The number of fused-ring (bicyclic) bond motifs is 1. The van der Waals surface area contributed by atoms with Crippen LogP contribution in [0.15, 0.2) is 30.6 Å². The maximum Gasteiger partial charge on any atom is 0.261 e. The van der Waals surface area contributed by atoms with Gasteiger partial charge in [0.2, 0.25) is 0 Å². The molecule has 0 radical (unpaired) electrons. The summed E-state index contributed by atoms with van der Waals surface area (Å²) >= 11 is 1.40. The fraction of sp³-hybridized carbons (Fsp3) is 0.409. The Balaban J connectivity index is 1.41. The number of thiophene rings is 1. The standard InChI is InChI=1S/C22H26N4O3S/c1-14-18-20(24-12-17-4-3-11-29-17)25-13-26-22(18)30-19(14)21(27)23-10-9-15-5-7-16(28-2)8-6-15/h5-8,13,17H,3-4,9-12H2,1-2H3,(H,23,27)(H,24,25,26). The van der Waals surface area contributed by atoms with Crippen molar-refractivity contribution < 1.29 is 14.3 Å². The molecule has 4 rings (SSSR count). The van der Waals surface area contributed by atoms with Crippen LogP contribution >= 0.6 is 11.3 Å². The Bertz CT molecular complexity index is 1010. The lowest BCUT2D eigenvalue weighted by molar-refractivity contribution is 0.0957. The van der Waals surface area contributed by atoms with Crippen molar-refractivity contribution in [1.82, 2.24) is 15.3 Å². The van der Waals surface area contributed by atoms with Crippen LogP contribution < -0.4 is 15.4 Å². The molecule has 1 aliphatic rings. The van der Waals surface area contributed by atoms with E-state index in [1.807, 2.05) is 31.2 Å². The third-order valence-electron chi connectivity index (χ3n) is 5.31. The summed E-state index contributed by atoms with van der Waals surface area (Å²) in [5, 5.41) is 7.33. The third kappa shape index (κ3) is 4.55. The highest BCUT2D eigenvalue weighted by Crippen LogP contribution is 2.33. The highest BCUT2D eigenvalue weighted by molar-refractivity contribution is 7.20. The van der Waals surface area contributed by atoms with Gasteiger partial charge in [0, 0.05) is 19.7 Å². The van der Waals surface area contributed by atoms with E-state index in [1.165, 1.54) is 11.3 Å². The molecule has 158 valence electrons. The van der Waals surface area contributed by atoms with Crippen molar-refractivity contribution in [3.63, 3.8) is 0 Å². The fourth-order valence-electron chi connectivity index (χ4n) is 3.63. The second-order valence-corrected chi connectivity index (χ2v) is 8.33. The number of rotatable bonds is 8. The number of hydrogen-bond donors (Lipinski definition) is 2. The van der Waals surface area contributed by atoms with Crippen molar-refractivity contribution in [2.45, 2.75) is 32.3 Å². The monoisotopic (exact) mass is 426 g/mol. The number of hydrogen-bond acceptors (Lipinski definition) is 7. The minimum Gasteiger partial charge on any atom is -0.497 e. The quantitative estimate of drug-likeness (QED) is 0.573. The molecule has 0 bridgehead atoms. The Kier molecular flexibility index (Phi) is 6.44. The largest absolute Gasteiger partial charge is 0.497 e. The first kappa shape index (κ1) is 20.6. The number of ether oxygens (including phenoxy) is 2. The first-order valence-corrected chi connectivity index (χ1v) is 11.0. The number of anilines is 1. The smallest absolute Gasteiger partial charge is 0.261 e. The molecule has 1 fully saturated rings. The van der Waals surface area contributed by atoms with Crippen molar-refractivity contribution in [2.24, 2.45) is 0 Å². The van der Waals surface area contributed by atoms with Gasteiger partial charge in [0.05, 0.1) is 23.5 Å². The Morgan fingerprint density at radius 3 is 2.87 bits per heavy atom. The van der Waals surface area contributed by atoms with Crippen molar-refractivity contribution >= 4 is 33.3 Å². The molecule has 8 heteroatoms. The van der Waals surface area contributed by atoms with Gasteiger partial charge in [-0.05, 0) is 49.4 Å².